The summed E-state index contributed by atoms with van der Waals surface area (Å²) in [5.74, 6) is 0. The third-order valence-corrected chi connectivity index (χ3v) is 0. The molecule has 0 aliphatic carbocycles. The van der Waals surface area contributed by atoms with E-state index in [1.54, 1.807) is 0 Å². The Morgan fingerprint density at radius 2 is 1.33 bits per heavy atom. The molecule has 32 valence electrons. The monoisotopic (exact) mass is 230 g/mol. The van der Waals surface area contributed by atoms with Crippen molar-refractivity contribution in [1.29, 1.82) is 0 Å². The summed E-state index contributed by atoms with van der Waals surface area (Å²) in [6, 6.07) is 0. The minimum absolute atomic E-state index is 0. The van der Waals surface area contributed by atoms with Gasteiger partial charge in [0, 0.05) is 0 Å². The molecule has 3 nitrogen and oxygen atoms in total. The predicted octanol–water partition coefficient (Wildman–Crippen LogP) is -3.07. The van der Waals surface area contributed by atoms with Crippen molar-refractivity contribution in [1.82, 2.24) is 0 Å². The van der Waals surface area contributed by atoms with Crippen molar-refractivity contribution >= 4 is 83.2 Å². The first-order valence-electron chi connectivity index (χ1n) is 0.651. The molecule has 0 rings (SSSR count). The van der Waals surface area contributed by atoms with Crippen LogP contribution in [0.25, 0.3) is 0 Å². The molecule has 0 aromatic heterocycles. The molecule has 0 aliphatic heterocycles. The van der Waals surface area contributed by atoms with Crippen molar-refractivity contribution in [2.45, 2.75) is 0 Å². The summed E-state index contributed by atoms with van der Waals surface area (Å²) in [4.78, 5) is 0. The van der Waals surface area contributed by atoms with Crippen LogP contribution >= 0.6 is 0 Å². The summed E-state index contributed by atoms with van der Waals surface area (Å²) in [6.45, 7) is 0. The van der Waals surface area contributed by atoms with Crippen LogP contribution in [0.3, 0.4) is 0 Å². The topological polar surface area (TPSA) is 57.5 Å². The van der Waals surface area contributed by atoms with Crippen LogP contribution in [0.15, 0.2) is 0 Å². The van der Waals surface area contributed by atoms with Gasteiger partial charge in [0.25, 0.3) is 0 Å². The van der Waals surface area contributed by atoms with Gasteiger partial charge >= 0.3 is 113 Å². The van der Waals surface area contributed by atoms with Gasteiger partial charge in [-0.25, -0.2) is 0 Å². The van der Waals surface area contributed by atoms with Crippen LogP contribution in [0.5, 0.6) is 0 Å². The number of hydrogen-bond donors (Lipinski definition) is 2. The molecule has 0 amide bonds. The molecule has 0 aliphatic rings. The average molecular weight is 230 g/mol. The fourth-order valence-corrected chi connectivity index (χ4v) is 0. The number of rotatable bonds is 0. The van der Waals surface area contributed by atoms with E-state index in [-0.39, 0.29) is 83.2 Å². The van der Waals surface area contributed by atoms with E-state index in [1.807, 2.05) is 0 Å². The van der Waals surface area contributed by atoms with Crippen molar-refractivity contribution in [3.63, 3.8) is 0 Å². The van der Waals surface area contributed by atoms with Crippen LogP contribution < -0.4 is 0 Å². The first-order valence-corrected chi connectivity index (χ1v) is 2.69. The third-order valence-electron chi connectivity index (χ3n) is 0. The van der Waals surface area contributed by atoms with Crippen molar-refractivity contribution in [3.05, 3.63) is 0 Å². The Bertz CT molecular complexity index is 33.8. The van der Waals surface area contributed by atoms with Gasteiger partial charge in [0.1, 0.15) is 0 Å². The minimum atomic E-state index is -3.58. The van der Waals surface area contributed by atoms with Crippen LogP contribution in [0.4, 0.5) is 0 Å². The van der Waals surface area contributed by atoms with Gasteiger partial charge in [-0.3, -0.25) is 0 Å². The predicted molar refractivity (Wildman–Crippen MR) is 22.2 cm³/mol. The maximum absolute atomic E-state index is 8.81. The summed E-state index contributed by atoms with van der Waals surface area (Å²) in [5.41, 5.74) is 0. The van der Waals surface area contributed by atoms with Gasteiger partial charge in [-0.1, -0.05) is 0 Å². The third kappa shape index (κ3) is 27.1. The summed E-state index contributed by atoms with van der Waals surface area (Å²) in [7, 11) is 0. The van der Waals surface area contributed by atoms with E-state index in [0.29, 0.717) is 0 Å². The molecule has 2 N–H and O–H groups in total. The Morgan fingerprint density at radius 3 is 1.33 bits per heavy atom. The van der Waals surface area contributed by atoms with E-state index in [2.05, 4.69) is 0 Å². The van der Waals surface area contributed by atoms with E-state index >= 15 is 0 Å². The van der Waals surface area contributed by atoms with Crippen molar-refractivity contribution in [2.24, 2.45) is 0 Å². The molecule has 6 heavy (non-hydrogen) atoms. The Morgan fingerprint density at radius 1 is 1.33 bits per heavy atom. The molecular weight excluding hydrogens is 224 g/mol. The van der Waals surface area contributed by atoms with Gasteiger partial charge in [0.05, 0.1) is 0 Å². The van der Waals surface area contributed by atoms with Gasteiger partial charge in [-0.2, -0.15) is 0 Å². The summed E-state index contributed by atoms with van der Waals surface area (Å²) >= 11 is -3.58. The molecule has 0 spiro atoms. The standard InChI is InChI=1S/Ca.2H2O.O.Sr.Ti.4H/h;2*1H2;;;;;;;/q;;;;;+2;;;;/p-2. The van der Waals surface area contributed by atoms with Gasteiger partial charge in [-0.15, -0.1) is 0 Å². The fraction of sp³-hybridized carbons (Fsp3) is 0. The first kappa shape index (κ1) is 16.1. The molecule has 0 saturated carbocycles. The normalized spacial score (nSPS) is 4.33. The average Bonchev–Trinajstić information content (AvgIpc) is 0.811. The van der Waals surface area contributed by atoms with E-state index in [0.717, 1.165) is 0 Å². The molecular formula is H6CaO3SrTi. The van der Waals surface area contributed by atoms with Crippen molar-refractivity contribution in [3.8, 4) is 0 Å². The Kier molecular flexibility index (Phi) is 29.6. The van der Waals surface area contributed by atoms with Crippen molar-refractivity contribution < 1.29 is 29.3 Å². The second-order valence-corrected chi connectivity index (χ2v) is 1.17. The van der Waals surface area contributed by atoms with E-state index in [1.165, 1.54) is 0 Å². The van der Waals surface area contributed by atoms with Crippen LogP contribution in [0.1, 0.15) is 0 Å². The van der Waals surface area contributed by atoms with Gasteiger partial charge in [0.2, 0.25) is 0 Å². The van der Waals surface area contributed by atoms with E-state index in [4.69, 9.17) is 10.7 Å². The molecule has 0 aromatic rings. The molecule has 0 atom stereocenters. The Hall–Kier alpha value is 3.17. The van der Waals surface area contributed by atoms with E-state index in [9.17, 15) is 0 Å². The molecule has 0 unspecified atom stereocenters. The fourth-order valence-electron chi connectivity index (χ4n) is 0. The van der Waals surface area contributed by atoms with Crippen molar-refractivity contribution in [2.75, 3.05) is 0 Å². The molecule has 0 heterocycles. The number of hydrogen-bond acceptors (Lipinski definition) is 1. The van der Waals surface area contributed by atoms with Gasteiger partial charge in [-0.05, 0) is 0 Å². The van der Waals surface area contributed by atoms with Gasteiger partial charge < -0.3 is 0 Å². The summed E-state index contributed by atoms with van der Waals surface area (Å²) in [5, 5.41) is 0. The molecule has 0 radical (unpaired) electrons. The first-order chi connectivity index (χ1) is 1.73. The second-order valence-electron chi connectivity index (χ2n) is 0.283. The molecule has 0 fully saturated rings. The van der Waals surface area contributed by atoms with Crippen LogP contribution in [-0.4, -0.2) is 90.6 Å². The van der Waals surface area contributed by atoms with Crippen LogP contribution in [-0.2, 0) is 21.9 Å². The quantitative estimate of drug-likeness (QED) is 0.434. The van der Waals surface area contributed by atoms with Crippen LogP contribution in [0.2, 0.25) is 0 Å². The SMILES string of the molecule is [CaH2].[O]=[Ti]([OH])[OH].[SrH2]. The molecule has 6 heteroatoms. The van der Waals surface area contributed by atoms with E-state index < -0.39 is 18.6 Å². The summed E-state index contributed by atoms with van der Waals surface area (Å²) in [6.07, 6.45) is 0. The molecule has 0 saturated heterocycles. The molecule has 0 aromatic carbocycles. The zero-order valence-electron chi connectivity index (χ0n) is 1.80. The summed E-state index contributed by atoms with van der Waals surface area (Å²) < 4.78 is 23.2. The zero-order chi connectivity index (χ0) is 3.58. The van der Waals surface area contributed by atoms with Crippen LogP contribution in [0, 0.1) is 0 Å². The second kappa shape index (κ2) is 11.0. The zero-order valence-corrected chi connectivity index (χ0v) is 3.36. The maximum atomic E-state index is 8.81. The Balaban J connectivity index is -0.0000000450. The van der Waals surface area contributed by atoms with Gasteiger partial charge in [0.15, 0.2) is 0 Å². The Labute approximate surface area is 109 Å². The molecule has 0 bridgehead atoms.